The van der Waals surface area contributed by atoms with Crippen LogP contribution in [0.5, 0.6) is 0 Å². The van der Waals surface area contributed by atoms with Crippen molar-refractivity contribution >= 4 is 11.6 Å². The van der Waals surface area contributed by atoms with Crippen molar-refractivity contribution in [2.75, 3.05) is 4.90 Å². The smallest absolute Gasteiger partial charge is 0.247 e. The number of rotatable bonds is 2. The second-order valence-electron chi connectivity index (χ2n) is 4.93. The molecule has 2 N–H and O–H groups in total. The minimum absolute atomic E-state index is 0.0144. The maximum absolute atomic E-state index is 12.1. The molecule has 2 atom stereocenters. The zero-order chi connectivity index (χ0) is 13.4. The van der Waals surface area contributed by atoms with Crippen molar-refractivity contribution in [1.82, 2.24) is 0 Å². The third-order valence-corrected chi connectivity index (χ3v) is 3.56. The van der Waals surface area contributed by atoms with Gasteiger partial charge in [-0.05, 0) is 30.2 Å². The molecule has 1 aliphatic rings. The SMILES string of the molecule is Cc1cccc(N2C(=O)[C@H](N)[C@@H]2c2ccccc2)c1. The predicted octanol–water partition coefficient (Wildman–Crippen LogP) is 2.41. The first kappa shape index (κ1) is 11.9. The molecule has 3 nitrogen and oxygen atoms in total. The number of carbonyl (C=O) groups is 1. The van der Waals surface area contributed by atoms with Crippen molar-refractivity contribution in [2.24, 2.45) is 5.73 Å². The Bertz CT molecular complexity index is 609. The standard InChI is InChI=1S/C16H16N2O/c1-11-6-5-9-13(10-11)18-15(14(17)16(18)19)12-7-3-2-4-8-12/h2-10,14-15H,17H2,1H3/t14-,15+/m1/s1. The second-order valence-corrected chi connectivity index (χ2v) is 4.93. The summed E-state index contributed by atoms with van der Waals surface area (Å²) in [5.74, 6) is -0.0144. The maximum atomic E-state index is 12.1. The van der Waals surface area contributed by atoms with E-state index in [0.29, 0.717) is 0 Å². The minimum Gasteiger partial charge on any atom is -0.318 e. The Balaban J connectivity index is 1.98. The Morgan fingerprint density at radius 2 is 1.79 bits per heavy atom. The lowest BCUT2D eigenvalue weighted by molar-refractivity contribution is -0.126. The molecule has 2 aromatic carbocycles. The molecule has 0 aliphatic carbocycles. The van der Waals surface area contributed by atoms with E-state index in [1.165, 1.54) is 0 Å². The van der Waals surface area contributed by atoms with E-state index in [0.717, 1.165) is 16.8 Å². The number of hydrogen-bond donors (Lipinski definition) is 1. The largest absolute Gasteiger partial charge is 0.318 e. The van der Waals surface area contributed by atoms with Gasteiger partial charge in [0.1, 0.15) is 6.04 Å². The van der Waals surface area contributed by atoms with Crippen molar-refractivity contribution in [1.29, 1.82) is 0 Å². The van der Waals surface area contributed by atoms with Crippen molar-refractivity contribution < 1.29 is 4.79 Å². The monoisotopic (exact) mass is 252 g/mol. The minimum atomic E-state index is -0.442. The normalized spacial score (nSPS) is 22.2. The molecule has 1 heterocycles. The number of anilines is 1. The molecular weight excluding hydrogens is 236 g/mol. The van der Waals surface area contributed by atoms with Crippen molar-refractivity contribution in [3.05, 3.63) is 65.7 Å². The van der Waals surface area contributed by atoms with Crippen molar-refractivity contribution in [3.63, 3.8) is 0 Å². The number of benzene rings is 2. The molecule has 0 aromatic heterocycles. The van der Waals surface area contributed by atoms with E-state index in [-0.39, 0.29) is 11.9 Å². The topological polar surface area (TPSA) is 46.3 Å². The molecule has 96 valence electrons. The van der Waals surface area contributed by atoms with Gasteiger partial charge in [0.25, 0.3) is 0 Å². The third kappa shape index (κ3) is 1.92. The van der Waals surface area contributed by atoms with Crippen LogP contribution in [0.3, 0.4) is 0 Å². The number of nitrogens with zero attached hydrogens (tertiary/aromatic N) is 1. The first-order chi connectivity index (χ1) is 9.18. The highest BCUT2D eigenvalue weighted by atomic mass is 16.2. The zero-order valence-electron chi connectivity index (χ0n) is 10.8. The van der Waals surface area contributed by atoms with Crippen LogP contribution in [0.1, 0.15) is 17.2 Å². The Morgan fingerprint density at radius 3 is 2.47 bits per heavy atom. The molecule has 3 heteroatoms. The van der Waals surface area contributed by atoms with Gasteiger partial charge in [0.2, 0.25) is 5.91 Å². The van der Waals surface area contributed by atoms with Crippen LogP contribution in [0.15, 0.2) is 54.6 Å². The fraction of sp³-hybridized carbons (Fsp3) is 0.188. The summed E-state index contributed by atoms with van der Waals surface area (Å²) < 4.78 is 0. The van der Waals surface area contributed by atoms with Crippen LogP contribution >= 0.6 is 0 Å². The van der Waals surface area contributed by atoms with E-state index in [9.17, 15) is 4.79 Å². The van der Waals surface area contributed by atoms with Crippen LogP contribution in [0.4, 0.5) is 5.69 Å². The quantitative estimate of drug-likeness (QED) is 0.834. The average Bonchev–Trinajstić information content (AvgIpc) is 2.44. The summed E-state index contributed by atoms with van der Waals surface area (Å²) in [6.07, 6.45) is 0. The molecule has 2 aromatic rings. The zero-order valence-corrected chi connectivity index (χ0v) is 10.8. The number of nitrogens with two attached hydrogens (primary N) is 1. The molecular formula is C16H16N2O. The Hall–Kier alpha value is -2.13. The van der Waals surface area contributed by atoms with E-state index in [1.54, 1.807) is 4.90 Å². The van der Waals surface area contributed by atoms with Gasteiger partial charge in [0.05, 0.1) is 6.04 Å². The highest BCUT2D eigenvalue weighted by Crippen LogP contribution is 2.38. The van der Waals surface area contributed by atoms with Crippen molar-refractivity contribution in [2.45, 2.75) is 19.0 Å². The first-order valence-corrected chi connectivity index (χ1v) is 6.39. The molecule has 0 unspecified atom stereocenters. The van der Waals surface area contributed by atoms with Gasteiger partial charge < -0.3 is 10.6 Å². The van der Waals surface area contributed by atoms with Crippen LogP contribution in [0, 0.1) is 6.92 Å². The molecule has 0 saturated carbocycles. The molecule has 1 saturated heterocycles. The van der Waals surface area contributed by atoms with E-state index in [1.807, 2.05) is 61.5 Å². The summed E-state index contributed by atoms with van der Waals surface area (Å²) in [4.78, 5) is 13.8. The van der Waals surface area contributed by atoms with E-state index in [2.05, 4.69) is 0 Å². The number of hydrogen-bond acceptors (Lipinski definition) is 2. The summed E-state index contributed by atoms with van der Waals surface area (Å²) in [6, 6.07) is 17.4. The van der Waals surface area contributed by atoms with E-state index < -0.39 is 6.04 Å². The van der Waals surface area contributed by atoms with Gasteiger partial charge in [-0.2, -0.15) is 0 Å². The lowest BCUT2D eigenvalue weighted by atomic mass is 9.88. The third-order valence-electron chi connectivity index (χ3n) is 3.56. The lowest BCUT2D eigenvalue weighted by Crippen LogP contribution is -2.63. The molecule has 1 fully saturated rings. The Labute approximate surface area is 112 Å². The summed E-state index contributed by atoms with van der Waals surface area (Å²) >= 11 is 0. The van der Waals surface area contributed by atoms with E-state index >= 15 is 0 Å². The number of amides is 1. The highest BCUT2D eigenvalue weighted by molar-refractivity contribution is 6.05. The van der Waals surface area contributed by atoms with Crippen LogP contribution in [0.25, 0.3) is 0 Å². The Kier molecular flexibility index (Phi) is 2.84. The van der Waals surface area contributed by atoms with Crippen molar-refractivity contribution in [3.8, 4) is 0 Å². The molecule has 0 spiro atoms. The van der Waals surface area contributed by atoms with Crippen LogP contribution in [-0.4, -0.2) is 11.9 Å². The van der Waals surface area contributed by atoms with Gasteiger partial charge >= 0.3 is 0 Å². The molecule has 19 heavy (non-hydrogen) atoms. The van der Waals surface area contributed by atoms with Crippen LogP contribution in [0.2, 0.25) is 0 Å². The molecule has 1 aliphatic heterocycles. The molecule has 3 rings (SSSR count). The summed E-state index contributed by atoms with van der Waals surface area (Å²) in [5, 5.41) is 0. The van der Waals surface area contributed by atoms with Gasteiger partial charge in [-0.3, -0.25) is 4.79 Å². The van der Waals surface area contributed by atoms with Gasteiger partial charge in [-0.1, -0.05) is 42.5 Å². The first-order valence-electron chi connectivity index (χ1n) is 6.39. The maximum Gasteiger partial charge on any atom is 0.247 e. The fourth-order valence-corrected chi connectivity index (χ4v) is 2.58. The second kappa shape index (κ2) is 4.52. The summed E-state index contributed by atoms with van der Waals surface area (Å²) in [5.41, 5.74) is 9.11. The predicted molar refractivity (Wildman–Crippen MR) is 75.8 cm³/mol. The average molecular weight is 252 g/mol. The van der Waals surface area contributed by atoms with Crippen LogP contribution in [-0.2, 0) is 4.79 Å². The number of β-lactam (4-membered cyclic amide) rings is 1. The van der Waals surface area contributed by atoms with Gasteiger partial charge in [-0.15, -0.1) is 0 Å². The number of carbonyl (C=O) groups excluding carboxylic acids is 1. The van der Waals surface area contributed by atoms with Gasteiger partial charge in [0.15, 0.2) is 0 Å². The fourth-order valence-electron chi connectivity index (χ4n) is 2.58. The van der Waals surface area contributed by atoms with Gasteiger partial charge in [-0.25, -0.2) is 0 Å². The summed E-state index contributed by atoms with van der Waals surface area (Å²) in [6.45, 7) is 2.02. The highest BCUT2D eigenvalue weighted by Gasteiger charge is 2.46. The van der Waals surface area contributed by atoms with Gasteiger partial charge in [0, 0.05) is 5.69 Å². The van der Waals surface area contributed by atoms with E-state index in [4.69, 9.17) is 5.73 Å². The number of aryl methyl sites for hydroxylation is 1. The van der Waals surface area contributed by atoms with Crippen LogP contribution < -0.4 is 10.6 Å². The summed E-state index contributed by atoms with van der Waals surface area (Å²) in [7, 11) is 0. The lowest BCUT2D eigenvalue weighted by Gasteiger charge is -2.45. The molecule has 0 bridgehead atoms. The molecule has 0 radical (unpaired) electrons. The molecule has 1 amide bonds. The Morgan fingerprint density at radius 1 is 1.05 bits per heavy atom.